The molecule has 0 atom stereocenters. The van der Waals surface area contributed by atoms with Crippen molar-refractivity contribution in [2.24, 2.45) is 7.05 Å². The number of carbonyl (C=O) groups is 2. The summed E-state index contributed by atoms with van der Waals surface area (Å²) in [5.41, 5.74) is 1.37. The van der Waals surface area contributed by atoms with Crippen LogP contribution >= 0.6 is 0 Å². The second-order valence-electron chi connectivity index (χ2n) is 5.39. The lowest BCUT2D eigenvalue weighted by Crippen LogP contribution is -2.57. The van der Waals surface area contributed by atoms with Gasteiger partial charge in [-0.2, -0.15) is 5.10 Å². The molecule has 0 aliphatic heterocycles. The summed E-state index contributed by atoms with van der Waals surface area (Å²) in [5, 5.41) is 18.5. The Balaban J connectivity index is 1.86. The summed E-state index contributed by atoms with van der Waals surface area (Å²) in [4.78, 5) is 22.7. The lowest BCUT2D eigenvalue weighted by atomic mass is 9.74. The molecule has 0 radical (unpaired) electrons. The van der Waals surface area contributed by atoms with Gasteiger partial charge in [0.1, 0.15) is 0 Å². The fraction of sp³-hybridized carbons (Fsp3) is 0.615. The molecule has 2 amide bonds. The van der Waals surface area contributed by atoms with Gasteiger partial charge in [0.05, 0.1) is 18.2 Å². The Bertz CT molecular complexity index is 520. The molecule has 1 aromatic rings. The average molecular weight is 280 g/mol. The predicted molar refractivity (Wildman–Crippen MR) is 72.2 cm³/mol. The number of aryl methyl sites for hydroxylation is 1. The molecule has 0 aromatic carbocycles. The van der Waals surface area contributed by atoms with E-state index in [0.717, 1.165) is 30.5 Å². The molecule has 0 bridgehead atoms. The van der Waals surface area contributed by atoms with Gasteiger partial charge in [-0.15, -0.1) is 0 Å². The van der Waals surface area contributed by atoms with Crippen LogP contribution in [0.1, 0.15) is 36.9 Å². The van der Waals surface area contributed by atoms with Crippen LogP contribution in [-0.4, -0.2) is 32.4 Å². The Morgan fingerprint density at radius 3 is 2.65 bits per heavy atom. The SMILES string of the molecule is Cc1c(CNC(=O)NC2(CC(=O)O)CCC2)cnn1C. The van der Waals surface area contributed by atoms with Crippen LogP contribution < -0.4 is 10.6 Å². The van der Waals surface area contributed by atoms with Crippen molar-refractivity contribution in [3.05, 3.63) is 17.5 Å². The zero-order valence-electron chi connectivity index (χ0n) is 11.8. The number of carboxylic acid groups (broad SMARTS) is 1. The van der Waals surface area contributed by atoms with E-state index in [1.54, 1.807) is 10.9 Å². The van der Waals surface area contributed by atoms with Crippen molar-refractivity contribution >= 4 is 12.0 Å². The zero-order valence-corrected chi connectivity index (χ0v) is 11.8. The molecule has 2 rings (SSSR count). The highest BCUT2D eigenvalue weighted by atomic mass is 16.4. The van der Waals surface area contributed by atoms with Gasteiger partial charge >= 0.3 is 12.0 Å². The van der Waals surface area contributed by atoms with Crippen molar-refractivity contribution in [3.8, 4) is 0 Å². The number of amides is 2. The number of urea groups is 1. The predicted octanol–water partition coefficient (Wildman–Crippen LogP) is 0.925. The molecule has 0 spiro atoms. The summed E-state index contributed by atoms with van der Waals surface area (Å²) in [5.74, 6) is -0.881. The quantitative estimate of drug-likeness (QED) is 0.747. The Morgan fingerprint density at radius 1 is 1.50 bits per heavy atom. The van der Waals surface area contributed by atoms with Crippen molar-refractivity contribution in [2.45, 2.75) is 44.7 Å². The zero-order chi connectivity index (χ0) is 14.8. The fourth-order valence-electron chi connectivity index (χ4n) is 2.42. The van der Waals surface area contributed by atoms with E-state index in [9.17, 15) is 9.59 Å². The molecule has 0 unspecified atom stereocenters. The average Bonchev–Trinajstić information content (AvgIpc) is 2.64. The van der Waals surface area contributed by atoms with Gasteiger partial charge in [-0.05, 0) is 26.2 Å². The smallest absolute Gasteiger partial charge is 0.315 e. The van der Waals surface area contributed by atoms with Crippen LogP contribution in [0.25, 0.3) is 0 Å². The first-order valence-electron chi connectivity index (χ1n) is 6.67. The summed E-state index contributed by atoms with van der Waals surface area (Å²) in [6, 6.07) is -0.325. The minimum atomic E-state index is -0.881. The number of carbonyl (C=O) groups excluding carboxylic acids is 1. The van der Waals surface area contributed by atoms with Crippen molar-refractivity contribution in [1.82, 2.24) is 20.4 Å². The van der Waals surface area contributed by atoms with Crippen LogP contribution in [0.15, 0.2) is 6.20 Å². The first-order chi connectivity index (χ1) is 9.42. The van der Waals surface area contributed by atoms with Gasteiger partial charge in [0.2, 0.25) is 0 Å². The van der Waals surface area contributed by atoms with E-state index >= 15 is 0 Å². The molecule has 1 aliphatic carbocycles. The lowest BCUT2D eigenvalue weighted by molar-refractivity contribution is -0.139. The number of aliphatic carboxylic acids is 1. The third-order valence-corrected chi connectivity index (χ3v) is 3.96. The molecule has 110 valence electrons. The maximum absolute atomic E-state index is 11.9. The Kier molecular flexibility index (Phi) is 3.96. The van der Waals surface area contributed by atoms with Crippen molar-refractivity contribution in [2.75, 3.05) is 0 Å². The minimum absolute atomic E-state index is 0.0215. The second-order valence-corrected chi connectivity index (χ2v) is 5.39. The molecule has 1 fully saturated rings. The molecular weight excluding hydrogens is 260 g/mol. The van der Waals surface area contributed by atoms with Crippen LogP contribution in [0.3, 0.4) is 0 Å². The van der Waals surface area contributed by atoms with E-state index in [2.05, 4.69) is 15.7 Å². The second kappa shape index (κ2) is 5.52. The molecule has 1 aromatic heterocycles. The summed E-state index contributed by atoms with van der Waals surface area (Å²) in [6.07, 6.45) is 4.09. The molecule has 7 nitrogen and oxygen atoms in total. The number of hydrogen-bond donors (Lipinski definition) is 3. The number of aromatic nitrogens is 2. The first-order valence-corrected chi connectivity index (χ1v) is 6.67. The Labute approximate surface area is 117 Å². The summed E-state index contributed by atoms with van der Waals surface area (Å²) >= 11 is 0. The molecule has 7 heteroatoms. The maximum atomic E-state index is 11.9. The highest BCUT2D eigenvalue weighted by molar-refractivity contribution is 5.77. The van der Waals surface area contributed by atoms with Gasteiger partial charge in [-0.25, -0.2) is 4.79 Å². The Morgan fingerprint density at radius 2 is 2.20 bits per heavy atom. The largest absolute Gasteiger partial charge is 0.481 e. The van der Waals surface area contributed by atoms with Crippen LogP contribution in [-0.2, 0) is 18.4 Å². The van der Waals surface area contributed by atoms with E-state index in [1.807, 2.05) is 14.0 Å². The van der Waals surface area contributed by atoms with E-state index in [-0.39, 0.29) is 12.5 Å². The van der Waals surface area contributed by atoms with Crippen LogP contribution in [0, 0.1) is 6.92 Å². The van der Waals surface area contributed by atoms with E-state index in [0.29, 0.717) is 6.54 Å². The van der Waals surface area contributed by atoms with Gasteiger partial charge < -0.3 is 15.7 Å². The van der Waals surface area contributed by atoms with Gasteiger partial charge in [0, 0.05) is 24.8 Å². The molecule has 20 heavy (non-hydrogen) atoms. The molecule has 1 aliphatic rings. The van der Waals surface area contributed by atoms with E-state index in [1.165, 1.54) is 0 Å². The standard InChI is InChI=1S/C13H20N4O3/c1-9-10(8-15-17(9)2)7-14-12(20)16-13(4-3-5-13)6-11(18)19/h8H,3-7H2,1-2H3,(H,18,19)(H2,14,16,20). The van der Waals surface area contributed by atoms with Gasteiger partial charge in [0.15, 0.2) is 0 Å². The molecular formula is C13H20N4O3. The third kappa shape index (κ3) is 3.09. The monoisotopic (exact) mass is 280 g/mol. The van der Waals surface area contributed by atoms with Crippen LogP contribution in [0.2, 0.25) is 0 Å². The van der Waals surface area contributed by atoms with E-state index < -0.39 is 11.5 Å². The highest BCUT2D eigenvalue weighted by Gasteiger charge is 2.40. The number of carboxylic acids is 1. The summed E-state index contributed by atoms with van der Waals surface area (Å²) < 4.78 is 1.74. The fourth-order valence-corrected chi connectivity index (χ4v) is 2.42. The number of nitrogens with one attached hydrogen (secondary N) is 2. The lowest BCUT2D eigenvalue weighted by Gasteiger charge is -2.41. The van der Waals surface area contributed by atoms with Crippen molar-refractivity contribution in [3.63, 3.8) is 0 Å². The van der Waals surface area contributed by atoms with Crippen molar-refractivity contribution < 1.29 is 14.7 Å². The van der Waals surface area contributed by atoms with Gasteiger partial charge in [0.25, 0.3) is 0 Å². The Hall–Kier alpha value is -2.05. The van der Waals surface area contributed by atoms with Crippen molar-refractivity contribution in [1.29, 1.82) is 0 Å². The van der Waals surface area contributed by atoms with Crippen LogP contribution in [0.5, 0.6) is 0 Å². The normalized spacial score (nSPS) is 16.3. The van der Waals surface area contributed by atoms with Gasteiger partial charge in [-0.3, -0.25) is 9.48 Å². The highest BCUT2D eigenvalue weighted by Crippen LogP contribution is 2.34. The first kappa shape index (κ1) is 14.4. The van der Waals surface area contributed by atoms with Gasteiger partial charge in [-0.1, -0.05) is 0 Å². The minimum Gasteiger partial charge on any atom is -0.481 e. The summed E-state index contributed by atoms with van der Waals surface area (Å²) in [6.45, 7) is 2.31. The molecule has 3 N–H and O–H groups in total. The number of nitrogens with zero attached hydrogens (tertiary/aromatic N) is 2. The maximum Gasteiger partial charge on any atom is 0.315 e. The van der Waals surface area contributed by atoms with Crippen LogP contribution in [0.4, 0.5) is 4.79 Å². The molecule has 0 saturated heterocycles. The topological polar surface area (TPSA) is 96.2 Å². The molecule has 1 saturated carbocycles. The third-order valence-electron chi connectivity index (χ3n) is 3.96. The van der Waals surface area contributed by atoms with E-state index in [4.69, 9.17) is 5.11 Å². The number of hydrogen-bond acceptors (Lipinski definition) is 3. The number of rotatable bonds is 5. The molecule has 1 heterocycles. The summed E-state index contributed by atoms with van der Waals surface area (Å²) in [7, 11) is 1.84.